The van der Waals surface area contributed by atoms with Crippen LogP contribution in [0.3, 0.4) is 0 Å². The van der Waals surface area contributed by atoms with E-state index in [-0.39, 0.29) is 0 Å². The van der Waals surface area contributed by atoms with E-state index in [2.05, 4.69) is 29.8 Å². The normalized spacial score (nSPS) is 9.08. The summed E-state index contributed by atoms with van der Waals surface area (Å²) in [5.41, 5.74) is 2.35. The van der Waals surface area contributed by atoms with Gasteiger partial charge >= 0.3 is 0 Å². The maximum Gasteiger partial charge on any atom is 0.0459 e. The molecule has 1 N–H and O–H groups in total. The van der Waals surface area contributed by atoms with Gasteiger partial charge in [-0.1, -0.05) is 38.6 Å². The SMILES string of the molecule is C=Cc1cccc2[nH]ccc12.CC. The molecule has 1 aromatic heterocycles. The van der Waals surface area contributed by atoms with Crippen molar-refractivity contribution in [3.05, 3.63) is 42.6 Å². The van der Waals surface area contributed by atoms with Crippen molar-refractivity contribution in [2.45, 2.75) is 13.8 Å². The summed E-state index contributed by atoms with van der Waals surface area (Å²) in [5.74, 6) is 0. The van der Waals surface area contributed by atoms with Gasteiger partial charge in [-0.3, -0.25) is 0 Å². The molecule has 2 rings (SSSR count). The summed E-state index contributed by atoms with van der Waals surface area (Å²) in [5, 5.41) is 1.24. The second kappa shape index (κ2) is 4.51. The van der Waals surface area contributed by atoms with Gasteiger partial charge in [0, 0.05) is 17.1 Å². The van der Waals surface area contributed by atoms with Crippen LogP contribution in [-0.4, -0.2) is 4.98 Å². The molecule has 2 aromatic rings. The minimum Gasteiger partial charge on any atom is -0.361 e. The average Bonchev–Trinajstić information content (AvgIpc) is 2.68. The Hall–Kier alpha value is -1.50. The minimum atomic E-state index is 1.17. The van der Waals surface area contributed by atoms with Crippen molar-refractivity contribution in [3.63, 3.8) is 0 Å². The zero-order valence-corrected chi connectivity index (χ0v) is 8.17. The lowest BCUT2D eigenvalue weighted by molar-refractivity contribution is 1.48. The highest BCUT2D eigenvalue weighted by Crippen LogP contribution is 2.17. The molecule has 68 valence electrons. The number of rotatable bonds is 1. The quantitative estimate of drug-likeness (QED) is 0.674. The van der Waals surface area contributed by atoms with E-state index in [1.807, 2.05) is 32.2 Å². The van der Waals surface area contributed by atoms with E-state index in [0.717, 1.165) is 0 Å². The molecule has 1 aromatic carbocycles. The zero-order valence-electron chi connectivity index (χ0n) is 8.17. The second-order valence-corrected chi connectivity index (χ2v) is 2.49. The smallest absolute Gasteiger partial charge is 0.0459 e. The molecule has 0 radical (unpaired) electrons. The Balaban J connectivity index is 0.000000396. The van der Waals surface area contributed by atoms with E-state index in [1.165, 1.54) is 16.5 Å². The number of hydrogen-bond donors (Lipinski definition) is 1. The summed E-state index contributed by atoms with van der Waals surface area (Å²) < 4.78 is 0. The summed E-state index contributed by atoms with van der Waals surface area (Å²) in [7, 11) is 0. The Morgan fingerprint density at radius 3 is 2.69 bits per heavy atom. The summed E-state index contributed by atoms with van der Waals surface area (Å²) in [4.78, 5) is 3.15. The van der Waals surface area contributed by atoms with Crippen molar-refractivity contribution in [1.29, 1.82) is 0 Å². The van der Waals surface area contributed by atoms with Crippen LogP contribution < -0.4 is 0 Å². The first-order chi connectivity index (χ1) is 6.42. The van der Waals surface area contributed by atoms with Crippen molar-refractivity contribution in [2.24, 2.45) is 0 Å². The molecule has 0 amide bonds. The molecule has 0 aliphatic carbocycles. The second-order valence-electron chi connectivity index (χ2n) is 2.49. The molecule has 1 nitrogen and oxygen atoms in total. The fourth-order valence-electron chi connectivity index (χ4n) is 1.29. The van der Waals surface area contributed by atoms with Crippen molar-refractivity contribution in [1.82, 2.24) is 4.98 Å². The van der Waals surface area contributed by atoms with Gasteiger partial charge < -0.3 is 4.98 Å². The van der Waals surface area contributed by atoms with Crippen LogP contribution in [0, 0.1) is 0 Å². The average molecular weight is 173 g/mol. The predicted octanol–water partition coefficient (Wildman–Crippen LogP) is 3.84. The third-order valence-electron chi connectivity index (χ3n) is 1.85. The molecule has 0 aliphatic rings. The van der Waals surface area contributed by atoms with Crippen LogP contribution in [-0.2, 0) is 0 Å². The van der Waals surface area contributed by atoms with Crippen LogP contribution in [0.1, 0.15) is 19.4 Å². The van der Waals surface area contributed by atoms with Gasteiger partial charge in [0.15, 0.2) is 0 Å². The molecule has 0 spiro atoms. The highest BCUT2D eigenvalue weighted by atomic mass is 14.7. The van der Waals surface area contributed by atoms with Crippen LogP contribution in [0.5, 0.6) is 0 Å². The maximum atomic E-state index is 3.75. The molecule has 0 unspecified atom stereocenters. The van der Waals surface area contributed by atoms with Crippen LogP contribution >= 0.6 is 0 Å². The minimum absolute atomic E-state index is 1.17. The first kappa shape index (κ1) is 9.59. The first-order valence-corrected chi connectivity index (χ1v) is 4.60. The largest absolute Gasteiger partial charge is 0.361 e. The van der Waals surface area contributed by atoms with Gasteiger partial charge in [0.05, 0.1) is 0 Å². The van der Waals surface area contributed by atoms with Gasteiger partial charge in [-0.25, -0.2) is 0 Å². The van der Waals surface area contributed by atoms with E-state index >= 15 is 0 Å². The number of benzene rings is 1. The fraction of sp³-hybridized carbons (Fsp3) is 0.167. The molecular formula is C12H15N. The third-order valence-corrected chi connectivity index (χ3v) is 1.85. The Bertz CT molecular complexity index is 385. The summed E-state index contributed by atoms with van der Waals surface area (Å²) in [6.45, 7) is 7.75. The Kier molecular flexibility index (Phi) is 3.32. The first-order valence-electron chi connectivity index (χ1n) is 4.60. The van der Waals surface area contributed by atoms with Crippen molar-refractivity contribution >= 4 is 17.0 Å². The number of fused-ring (bicyclic) bond motifs is 1. The fourth-order valence-corrected chi connectivity index (χ4v) is 1.29. The summed E-state index contributed by atoms with van der Waals surface area (Å²) in [6.07, 6.45) is 3.81. The van der Waals surface area contributed by atoms with E-state index in [0.29, 0.717) is 0 Å². The van der Waals surface area contributed by atoms with Crippen LogP contribution in [0.2, 0.25) is 0 Å². The Labute approximate surface area is 79.1 Å². The van der Waals surface area contributed by atoms with Crippen LogP contribution in [0.4, 0.5) is 0 Å². The third kappa shape index (κ3) is 1.81. The monoisotopic (exact) mass is 173 g/mol. The van der Waals surface area contributed by atoms with Gasteiger partial charge in [-0.15, -0.1) is 0 Å². The molecular weight excluding hydrogens is 158 g/mol. The highest BCUT2D eigenvalue weighted by Gasteiger charge is 1.95. The van der Waals surface area contributed by atoms with E-state index in [9.17, 15) is 0 Å². The molecule has 0 aliphatic heterocycles. The van der Waals surface area contributed by atoms with E-state index in [4.69, 9.17) is 0 Å². The number of aromatic amines is 1. The number of hydrogen-bond acceptors (Lipinski definition) is 0. The lowest BCUT2D eigenvalue weighted by Crippen LogP contribution is -1.71. The molecule has 0 bridgehead atoms. The standard InChI is InChI=1S/C10H9N.C2H6/c1-2-8-4-3-5-10-9(8)6-7-11-10;1-2/h2-7,11H,1H2;1-2H3. The molecule has 13 heavy (non-hydrogen) atoms. The van der Waals surface area contributed by atoms with Gasteiger partial charge in [0.2, 0.25) is 0 Å². The van der Waals surface area contributed by atoms with Gasteiger partial charge in [-0.2, -0.15) is 0 Å². The zero-order chi connectivity index (χ0) is 9.68. The maximum absolute atomic E-state index is 3.75. The Morgan fingerprint density at radius 2 is 2.00 bits per heavy atom. The lowest BCUT2D eigenvalue weighted by Gasteiger charge is -1.93. The molecule has 0 fully saturated rings. The van der Waals surface area contributed by atoms with Crippen molar-refractivity contribution < 1.29 is 0 Å². The van der Waals surface area contributed by atoms with E-state index < -0.39 is 0 Å². The predicted molar refractivity (Wildman–Crippen MR) is 59.7 cm³/mol. The van der Waals surface area contributed by atoms with E-state index in [1.54, 1.807) is 0 Å². The molecule has 1 heterocycles. The molecule has 0 saturated heterocycles. The topological polar surface area (TPSA) is 15.8 Å². The summed E-state index contributed by atoms with van der Waals surface area (Å²) >= 11 is 0. The molecule has 0 atom stereocenters. The lowest BCUT2D eigenvalue weighted by atomic mass is 10.1. The number of nitrogens with one attached hydrogen (secondary N) is 1. The van der Waals surface area contributed by atoms with Crippen molar-refractivity contribution in [2.75, 3.05) is 0 Å². The van der Waals surface area contributed by atoms with Crippen molar-refractivity contribution in [3.8, 4) is 0 Å². The van der Waals surface area contributed by atoms with Gasteiger partial charge in [-0.05, 0) is 17.7 Å². The molecule has 0 saturated carbocycles. The molecule has 1 heteroatoms. The van der Waals surface area contributed by atoms with Gasteiger partial charge in [0.25, 0.3) is 0 Å². The summed E-state index contributed by atoms with van der Waals surface area (Å²) in [6, 6.07) is 8.20. The number of H-pyrrole nitrogens is 1. The highest BCUT2D eigenvalue weighted by molar-refractivity contribution is 5.88. The van der Waals surface area contributed by atoms with Crippen LogP contribution in [0.15, 0.2) is 37.0 Å². The van der Waals surface area contributed by atoms with Gasteiger partial charge in [0.1, 0.15) is 0 Å². The Morgan fingerprint density at radius 1 is 1.23 bits per heavy atom. The number of aromatic nitrogens is 1. The van der Waals surface area contributed by atoms with Crippen LogP contribution in [0.25, 0.3) is 17.0 Å².